The van der Waals surface area contributed by atoms with E-state index in [1.807, 2.05) is 0 Å². The minimum atomic E-state index is -2.94. The summed E-state index contributed by atoms with van der Waals surface area (Å²) < 4.78 is 29.8. The molecule has 2 aliphatic heterocycles. The number of benzene rings is 1. The highest BCUT2D eigenvalue weighted by Gasteiger charge is 2.47. The quantitative estimate of drug-likeness (QED) is 0.529. The molecule has 1 aromatic carbocycles. The fourth-order valence-corrected chi connectivity index (χ4v) is 8.75. The van der Waals surface area contributed by atoms with Crippen molar-refractivity contribution >= 4 is 37.9 Å². The van der Waals surface area contributed by atoms with E-state index in [0.29, 0.717) is 19.7 Å². The van der Waals surface area contributed by atoms with E-state index in [1.165, 1.54) is 0 Å². The Balaban J connectivity index is 1.33. The number of amides is 1. The number of aromatic nitrogens is 1. The Bertz CT molecular complexity index is 1430. The number of ether oxygens (including phenoxy) is 1. The van der Waals surface area contributed by atoms with E-state index in [1.54, 1.807) is 11.3 Å². The number of hydrogen-bond acceptors (Lipinski definition) is 9. The number of carbonyl (C=O) groups is 1. The molecule has 6 rings (SSSR count). The van der Waals surface area contributed by atoms with Crippen LogP contribution >= 0.6 is 11.3 Å². The number of morpholine rings is 1. The molecule has 9 nitrogen and oxygen atoms in total. The SMILES string of the molecule is CC1(C)CN(c2nc(C3CCCCC3C(=O)NC3(C#N)CC3)c(-c3ccc(N4CCS(=O)(=O)CC4)cc3)s2)CCO1. The second-order valence-electron chi connectivity index (χ2n) is 12.6. The summed E-state index contributed by atoms with van der Waals surface area (Å²) in [4.78, 5) is 24.3. The van der Waals surface area contributed by atoms with Gasteiger partial charge in [0.25, 0.3) is 0 Å². The number of nitrogens with zero attached hydrogens (tertiary/aromatic N) is 4. The maximum Gasteiger partial charge on any atom is 0.225 e. The summed E-state index contributed by atoms with van der Waals surface area (Å²) in [5.74, 6) is 0.131. The predicted molar refractivity (Wildman–Crippen MR) is 161 cm³/mol. The van der Waals surface area contributed by atoms with Crippen molar-refractivity contribution in [2.75, 3.05) is 54.1 Å². The molecule has 0 radical (unpaired) electrons. The van der Waals surface area contributed by atoms with E-state index < -0.39 is 15.4 Å². The molecule has 3 heterocycles. The largest absolute Gasteiger partial charge is 0.372 e. The Morgan fingerprint density at radius 1 is 1.10 bits per heavy atom. The van der Waals surface area contributed by atoms with Crippen molar-refractivity contribution < 1.29 is 17.9 Å². The van der Waals surface area contributed by atoms with E-state index in [4.69, 9.17) is 9.72 Å². The molecule has 2 unspecified atom stereocenters. The number of anilines is 2. The van der Waals surface area contributed by atoms with Crippen LogP contribution in [0.2, 0.25) is 0 Å². The zero-order chi connectivity index (χ0) is 28.8. The third-order valence-corrected chi connectivity index (χ3v) is 11.7. The van der Waals surface area contributed by atoms with Crippen molar-refractivity contribution in [1.82, 2.24) is 10.3 Å². The van der Waals surface area contributed by atoms with Crippen LogP contribution in [0.4, 0.5) is 10.8 Å². The molecule has 1 N–H and O–H groups in total. The molecule has 0 bridgehead atoms. The molecule has 2 saturated heterocycles. The summed E-state index contributed by atoms with van der Waals surface area (Å²) in [6, 6.07) is 10.7. The molecule has 1 amide bonds. The second kappa shape index (κ2) is 10.9. The van der Waals surface area contributed by atoms with Gasteiger partial charge >= 0.3 is 0 Å². The van der Waals surface area contributed by atoms with Crippen molar-refractivity contribution in [1.29, 1.82) is 5.26 Å². The molecule has 0 spiro atoms. The standard InChI is InChI=1S/C30H39N5O4S2/c1-29(2)20-35(13-16-39-29)28-32-25(23-5-3-4-6-24(23)27(36)33-30(19-31)11-12-30)26(40-28)21-7-9-22(10-8-21)34-14-17-41(37,38)18-15-34/h7-10,23-24H,3-6,11-18,20H2,1-2H3,(H,33,36). The highest BCUT2D eigenvalue weighted by molar-refractivity contribution is 7.91. The monoisotopic (exact) mass is 597 g/mol. The average molecular weight is 598 g/mol. The van der Waals surface area contributed by atoms with Gasteiger partial charge in [0.05, 0.1) is 40.4 Å². The van der Waals surface area contributed by atoms with Crippen LogP contribution in [-0.4, -0.2) is 74.7 Å². The van der Waals surface area contributed by atoms with Crippen molar-refractivity contribution in [3.05, 3.63) is 30.0 Å². The molecule has 4 aliphatic rings. The third kappa shape index (κ3) is 6.11. The molecule has 1 aromatic heterocycles. The van der Waals surface area contributed by atoms with Crippen LogP contribution in [0.1, 0.15) is 64.0 Å². The second-order valence-corrected chi connectivity index (χ2v) is 15.9. The summed E-state index contributed by atoms with van der Waals surface area (Å²) >= 11 is 1.68. The van der Waals surface area contributed by atoms with Crippen LogP contribution < -0.4 is 15.1 Å². The Morgan fingerprint density at radius 2 is 1.80 bits per heavy atom. The molecule has 220 valence electrons. The summed E-state index contributed by atoms with van der Waals surface area (Å²) in [5, 5.41) is 13.6. The molecule has 4 fully saturated rings. The van der Waals surface area contributed by atoms with Gasteiger partial charge in [-0.1, -0.05) is 36.3 Å². The number of hydrogen-bond donors (Lipinski definition) is 1. The van der Waals surface area contributed by atoms with Crippen LogP contribution in [-0.2, 0) is 19.4 Å². The van der Waals surface area contributed by atoms with Crippen LogP contribution in [0.25, 0.3) is 10.4 Å². The van der Waals surface area contributed by atoms with Gasteiger partial charge in [-0.15, -0.1) is 0 Å². The highest BCUT2D eigenvalue weighted by Crippen LogP contribution is 2.47. The van der Waals surface area contributed by atoms with Crippen molar-refractivity contribution in [2.24, 2.45) is 5.92 Å². The van der Waals surface area contributed by atoms with Gasteiger partial charge in [0, 0.05) is 43.7 Å². The number of carbonyl (C=O) groups excluding carboxylic acids is 1. The number of sulfone groups is 1. The van der Waals surface area contributed by atoms with Crippen LogP contribution in [0.3, 0.4) is 0 Å². The van der Waals surface area contributed by atoms with Gasteiger partial charge in [-0.3, -0.25) is 4.79 Å². The number of rotatable bonds is 6. The minimum absolute atomic E-state index is 0.0146. The van der Waals surface area contributed by atoms with E-state index >= 15 is 0 Å². The van der Waals surface area contributed by atoms with Gasteiger partial charge < -0.3 is 19.9 Å². The smallest absolute Gasteiger partial charge is 0.225 e. The van der Waals surface area contributed by atoms with Crippen LogP contribution in [0, 0.1) is 17.2 Å². The lowest BCUT2D eigenvalue weighted by Gasteiger charge is -2.38. The Labute approximate surface area is 246 Å². The highest BCUT2D eigenvalue weighted by atomic mass is 32.2. The fourth-order valence-electron chi connectivity index (χ4n) is 6.38. The Morgan fingerprint density at radius 3 is 2.46 bits per heavy atom. The summed E-state index contributed by atoms with van der Waals surface area (Å²) in [6.07, 6.45) is 5.18. The zero-order valence-electron chi connectivity index (χ0n) is 23.9. The van der Waals surface area contributed by atoms with Gasteiger partial charge in [-0.2, -0.15) is 5.26 Å². The third-order valence-electron chi connectivity index (χ3n) is 8.96. The molecular weight excluding hydrogens is 558 g/mol. The average Bonchev–Trinajstić information content (AvgIpc) is 3.59. The number of nitrogens with one attached hydrogen (secondary N) is 1. The normalized spacial score (nSPS) is 26.7. The topological polar surface area (TPSA) is 116 Å². The maximum absolute atomic E-state index is 13.5. The lowest BCUT2D eigenvalue weighted by molar-refractivity contribution is -0.127. The lowest BCUT2D eigenvalue weighted by Crippen LogP contribution is -2.48. The molecule has 2 atom stereocenters. The molecule has 2 aliphatic carbocycles. The van der Waals surface area contributed by atoms with Gasteiger partial charge in [-0.05, 0) is 57.2 Å². The molecule has 2 saturated carbocycles. The first kappa shape index (κ1) is 28.4. The number of nitriles is 1. The minimum Gasteiger partial charge on any atom is -0.372 e. The molecule has 41 heavy (non-hydrogen) atoms. The van der Waals surface area contributed by atoms with E-state index in [-0.39, 0.29) is 34.8 Å². The first-order valence-corrected chi connectivity index (χ1v) is 17.4. The molecular formula is C30H39N5O4S2. The summed E-state index contributed by atoms with van der Waals surface area (Å²) in [5.41, 5.74) is 2.11. The van der Waals surface area contributed by atoms with Crippen LogP contribution in [0.5, 0.6) is 0 Å². The number of thiazole rings is 1. The van der Waals surface area contributed by atoms with E-state index in [0.717, 1.165) is 78.6 Å². The molecule has 2 aromatic rings. The van der Waals surface area contributed by atoms with E-state index in [2.05, 4.69) is 59.3 Å². The van der Waals surface area contributed by atoms with Gasteiger partial charge in [0.1, 0.15) is 5.54 Å². The summed E-state index contributed by atoms with van der Waals surface area (Å²) in [6.45, 7) is 7.37. The predicted octanol–water partition coefficient (Wildman–Crippen LogP) is 4.11. The lowest BCUT2D eigenvalue weighted by atomic mass is 9.76. The Hall–Kier alpha value is -2.68. The van der Waals surface area contributed by atoms with Gasteiger partial charge in [-0.25, -0.2) is 13.4 Å². The first-order chi connectivity index (χ1) is 19.6. The van der Waals surface area contributed by atoms with Gasteiger partial charge in [0.15, 0.2) is 15.0 Å². The van der Waals surface area contributed by atoms with E-state index in [9.17, 15) is 18.5 Å². The fraction of sp³-hybridized carbons (Fsp3) is 0.633. The van der Waals surface area contributed by atoms with Crippen molar-refractivity contribution in [3.63, 3.8) is 0 Å². The molecule has 11 heteroatoms. The summed E-state index contributed by atoms with van der Waals surface area (Å²) in [7, 11) is -2.94. The zero-order valence-corrected chi connectivity index (χ0v) is 25.5. The first-order valence-electron chi connectivity index (χ1n) is 14.8. The van der Waals surface area contributed by atoms with Crippen molar-refractivity contribution in [3.8, 4) is 16.5 Å². The van der Waals surface area contributed by atoms with Crippen molar-refractivity contribution in [2.45, 2.75) is 69.4 Å². The van der Waals surface area contributed by atoms with Gasteiger partial charge in [0.2, 0.25) is 5.91 Å². The van der Waals surface area contributed by atoms with Crippen LogP contribution in [0.15, 0.2) is 24.3 Å². The Kier molecular flexibility index (Phi) is 7.54. The maximum atomic E-state index is 13.5.